The summed E-state index contributed by atoms with van der Waals surface area (Å²) in [7, 11) is 4.01. The van der Waals surface area contributed by atoms with Crippen LogP contribution in [0.4, 0.5) is 9.52 Å². The Morgan fingerprint density at radius 1 is 1.15 bits per heavy atom. The zero-order valence-electron chi connectivity index (χ0n) is 16.1. The summed E-state index contributed by atoms with van der Waals surface area (Å²) in [5, 5.41) is 0.659. The molecule has 0 saturated heterocycles. The van der Waals surface area contributed by atoms with Crippen LogP contribution in [0.25, 0.3) is 10.2 Å². The van der Waals surface area contributed by atoms with Gasteiger partial charge in [0.1, 0.15) is 5.82 Å². The molecule has 0 N–H and O–H groups in total. The molecule has 1 amide bonds. The van der Waals surface area contributed by atoms with Gasteiger partial charge in [-0.05, 0) is 76.3 Å². The van der Waals surface area contributed by atoms with Gasteiger partial charge in [0.05, 0.1) is 10.2 Å². The van der Waals surface area contributed by atoms with Crippen LogP contribution in [0, 0.1) is 19.7 Å². The van der Waals surface area contributed by atoms with Crippen molar-refractivity contribution in [1.82, 2.24) is 9.88 Å². The van der Waals surface area contributed by atoms with E-state index in [1.54, 1.807) is 17.0 Å². The lowest BCUT2D eigenvalue weighted by Crippen LogP contribution is -2.33. The summed E-state index contributed by atoms with van der Waals surface area (Å²) >= 11 is 1.51. The number of hydrogen-bond donors (Lipinski definition) is 0. The van der Waals surface area contributed by atoms with Gasteiger partial charge in [-0.1, -0.05) is 23.5 Å². The number of aryl methyl sites for hydroxylation is 2. The number of aromatic nitrogens is 1. The average molecular weight is 386 g/mol. The number of halogens is 1. The number of carbonyl (C=O) groups excluding carboxylic acids is 1. The van der Waals surface area contributed by atoms with E-state index in [0.717, 1.165) is 34.3 Å². The number of fused-ring (bicyclic) bond motifs is 1. The minimum absolute atomic E-state index is 0.221. The summed E-state index contributed by atoms with van der Waals surface area (Å²) in [5.74, 6) is -0.633. The molecule has 0 atom stereocenters. The lowest BCUT2D eigenvalue weighted by molar-refractivity contribution is 0.0985. The van der Waals surface area contributed by atoms with Crippen molar-refractivity contribution >= 4 is 32.6 Å². The Morgan fingerprint density at radius 3 is 2.63 bits per heavy atom. The molecule has 0 saturated carbocycles. The van der Waals surface area contributed by atoms with E-state index in [2.05, 4.69) is 17.9 Å². The van der Waals surface area contributed by atoms with E-state index in [1.807, 2.05) is 27.1 Å². The SMILES string of the molecule is Cc1cc(C)c2sc(N(CCCN(C)C)C(=O)c3cccc(F)c3)nc2c1. The lowest BCUT2D eigenvalue weighted by atomic mass is 10.1. The van der Waals surface area contributed by atoms with Gasteiger partial charge in [-0.3, -0.25) is 9.69 Å². The van der Waals surface area contributed by atoms with Gasteiger partial charge < -0.3 is 4.90 Å². The molecular formula is C21H24FN3OS. The zero-order chi connectivity index (χ0) is 19.6. The Balaban J connectivity index is 1.98. The molecule has 0 radical (unpaired) electrons. The Bertz CT molecular complexity index is 967. The molecule has 0 aliphatic carbocycles. The second kappa shape index (κ2) is 8.15. The Morgan fingerprint density at radius 2 is 1.93 bits per heavy atom. The number of hydrogen-bond acceptors (Lipinski definition) is 4. The smallest absolute Gasteiger partial charge is 0.260 e. The van der Waals surface area contributed by atoms with Gasteiger partial charge in [0.15, 0.2) is 5.13 Å². The molecule has 27 heavy (non-hydrogen) atoms. The number of carbonyl (C=O) groups is 1. The van der Waals surface area contributed by atoms with Crippen LogP contribution < -0.4 is 4.90 Å². The van der Waals surface area contributed by atoms with Crippen molar-refractivity contribution in [2.45, 2.75) is 20.3 Å². The molecule has 142 valence electrons. The number of benzene rings is 2. The van der Waals surface area contributed by atoms with Gasteiger partial charge in [0.25, 0.3) is 5.91 Å². The third-order valence-electron chi connectivity index (χ3n) is 4.34. The first-order chi connectivity index (χ1) is 12.8. The number of thiazole rings is 1. The fraction of sp³-hybridized carbons (Fsp3) is 0.333. The maximum absolute atomic E-state index is 13.6. The van der Waals surface area contributed by atoms with Gasteiger partial charge in [0.2, 0.25) is 0 Å². The van der Waals surface area contributed by atoms with Crippen LogP contribution in [0.15, 0.2) is 36.4 Å². The summed E-state index contributed by atoms with van der Waals surface area (Å²) in [6.07, 6.45) is 0.808. The van der Waals surface area contributed by atoms with Gasteiger partial charge in [-0.25, -0.2) is 9.37 Å². The molecule has 0 unspecified atom stereocenters. The minimum atomic E-state index is -0.412. The van der Waals surface area contributed by atoms with E-state index < -0.39 is 5.82 Å². The quantitative estimate of drug-likeness (QED) is 0.620. The van der Waals surface area contributed by atoms with Crippen molar-refractivity contribution in [3.63, 3.8) is 0 Å². The largest absolute Gasteiger partial charge is 0.309 e. The molecule has 0 bridgehead atoms. The fourth-order valence-corrected chi connectivity index (χ4v) is 4.13. The van der Waals surface area contributed by atoms with Crippen LogP contribution in [0.5, 0.6) is 0 Å². The highest BCUT2D eigenvalue weighted by Gasteiger charge is 2.22. The van der Waals surface area contributed by atoms with Crippen LogP contribution in [0.3, 0.4) is 0 Å². The van der Waals surface area contributed by atoms with Gasteiger partial charge in [0, 0.05) is 12.1 Å². The first-order valence-corrected chi connectivity index (χ1v) is 9.77. The predicted octanol–water partition coefficient (Wildman–Crippen LogP) is 4.65. The van der Waals surface area contributed by atoms with Gasteiger partial charge in [-0.2, -0.15) is 0 Å². The third kappa shape index (κ3) is 4.51. The van der Waals surface area contributed by atoms with Crippen molar-refractivity contribution < 1.29 is 9.18 Å². The molecule has 1 aromatic heterocycles. The van der Waals surface area contributed by atoms with Crippen molar-refractivity contribution in [2.75, 3.05) is 32.1 Å². The number of rotatable bonds is 6. The molecule has 3 aromatic rings. The van der Waals surface area contributed by atoms with E-state index in [0.29, 0.717) is 17.2 Å². The van der Waals surface area contributed by atoms with Gasteiger partial charge >= 0.3 is 0 Å². The minimum Gasteiger partial charge on any atom is -0.309 e. The lowest BCUT2D eigenvalue weighted by Gasteiger charge is -2.21. The monoisotopic (exact) mass is 385 g/mol. The maximum Gasteiger partial charge on any atom is 0.260 e. The number of nitrogens with zero attached hydrogens (tertiary/aromatic N) is 3. The first kappa shape index (κ1) is 19.5. The second-order valence-corrected chi connectivity index (χ2v) is 8.03. The fourth-order valence-electron chi connectivity index (χ4n) is 3.09. The van der Waals surface area contributed by atoms with Crippen LogP contribution in [-0.2, 0) is 0 Å². The van der Waals surface area contributed by atoms with Crippen molar-refractivity contribution in [1.29, 1.82) is 0 Å². The van der Waals surface area contributed by atoms with E-state index in [1.165, 1.54) is 23.5 Å². The molecular weight excluding hydrogens is 361 g/mol. The molecule has 3 rings (SSSR count). The molecule has 6 heteroatoms. The molecule has 0 spiro atoms. The van der Waals surface area contributed by atoms with Crippen molar-refractivity contribution in [2.24, 2.45) is 0 Å². The Kier molecular flexibility index (Phi) is 5.87. The normalized spacial score (nSPS) is 11.3. The second-order valence-electron chi connectivity index (χ2n) is 7.05. The van der Waals surface area contributed by atoms with E-state index in [4.69, 9.17) is 4.98 Å². The van der Waals surface area contributed by atoms with Crippen LogP contribution in [0.1, 0.15) is 27.9 Å². The van der Waals surface area contributed by atoms with Crippen LogP contribution in [0.2, 0.25) is 0 Å². The average Bonchev–Trinajstić information content (AvgIpc) is 3.02. The highest BCUT2D eigenvalue weighted by atomic mass is 32.1. The summed E-state index contributed by atoms with van der Waals surface area (Å²) in [4.78, 5) is 21.6. The van der Waals surface area contributed by atoms with Crippen LogP contribution in [-0.4, -0.2) is 43.0 Å². The van der Waals surface area contributed by atoms with E-state index in [-0.39, 0.29) is 5.91 Å². The first-order valence-electron chi connectivity index (χ1n) is 8.95. The summed E-state index contributed by atoms with van der Waals surface area (Å²) in [5.41, 5.74) is 3.54. The molecule has 0 fully saturated rings. The molecule has 0 aliphatic heterocycles. The molecule has 2 aromatic carbocycles. The predicted molar refractivity (Wildman–Crippen MR) is 110 cm³/mol. The number of amides is 1. The molecule has 4 nitrogen and oxygen atoms in total. The Labute approximate surface area is 163 Å². The standard InChI is InChI=1S/C21H24FN3OS/c1-14-11-15(2)19-18(12-14)23-21(27-19)25(10-6-9-24(3)4)20(26)16-7-5-8-17(22)13-16/h5,7-8,11-13H,6,9-10H2,1-4H3. The van der Waals surface area contributed by atoms with Gasteiger partial charge in [-0.15, -0.1) is 0 Å². The highest BCUT2D eigenvalue weighted by molar-refractivity contribution is 7.22. The van der Waals surface area contributed by atoms with E-state index >= 15 is 0 Å². The van der Waals surface area contributed by atoms with E-state index in [9.17, 15) is 9.18 Å². The maximum atomic E-state index is 13.6. The summed E-state index contributed by atoms with van der Waals surface area (Å²) in [6.45, 7) is 5.49. The van der Waals surface area contributed by atoms with Crippen molar-refractivity contribution in [3.8, 4) is 0 Å². The zero-order valence-corrected chi connectivity index (χ0v) is 16.9. The van der Waals surface area contributed by atoms with Crippen molar-refractivity contribution in [3.05, 3.63) is 58.9 Å². The molecule has 1 heterocycles. The highest BCUT2D eigenvalue weighted by Crippen LogP contribution is 2.33. The summed E-state index contributed by atoms with van der Waals surface area (Å²) in [6, 6.07) is 9.99. The Hall–Kier alpha value is -2.31. The number of anilines is 1. The summed E-state index contributed by atoms with van der Waals surface area (Å²) < 4.78 is 14.7. The molecule has 0 aliphatic rings. The third-order valence-corrected chi connectivity index (χ3v) is 5.57. The topological polar surface area (TPSA) is 36.4 Å². The van der Waals surface area contributed by atoms with Crippen LogP contribution >= 0.6 is 11.3 Å².